The van der Waals surface area contributed by atoms with E-state index in [9.17, 15) is 9.59 Å². The van der Waals surface area contributed by atoms with Crippen LogP contribution in [0.3, 0.4) is 0 Å². The number of carboxylic acids is 1. The first-order valence-corrected chi connectivity index (χ1v) is 7.42. The number of carbonyl (C=O) groups excluding carboxylic acids is 1. The lowest BCUT2D eigenvalue weighted by atomic mass is 10.2. The summed E-state index contributed by atoms with van der Waals surface area (Å²) >= 11 is 3.29. The molecule has 0 spiro atoms. The number of urea groups is 1. The van der Waals surface area contributed by atoms with Gasteiger partial charge in [-0.2, -0.15) is 0 Å². The second kappa shape index (κ2) is 6.26. The van der Waals surface area contributed by atoms with Crippen LogP contribution in [0.15, 0.2) is 22.7 Å². The van der Waals surface area contributed by atoms with E-state index in [2.05, 4.69) is 28.2 Å². The number of benzene rings is 1. The van der Waals surface area contributed by atoms with Crippen LogP contribution in [-0.4, -0.2) is 34.6 Å². The van der Waals surface area contributed by atoms with E-state index in [1.165, 1.54) is 12.1 Å². The first-order valence-electron chi connectivity index (χ1n) is 6.63. The van der Waals surface area contributed by atoms with Crippen molar-refractivity contribution in [2.24, 2.45) is 0 Å². The third-order valence-corrected chi connectivity index (χ3v) is 4.22. The monoisotopic (exact) mass is 340 g/mol. The molecule has 2 N–H and O–H groups in total. The van der Waals surface area contributed by atoms with Gasteiger partial charge in [0.1, 0.15) is 0 Å². The molecular weight excluding hydrogens is 324 g/mol. The van der Waals surface area contributed by atoms with Crippen molar-refractivity contribution in [3.05, 3.63) is 28.2 Å². The number of carboxylic acid groups (broad SMARTS) is 1. The molecule has 1 aromatic carbocycles. The molecule has 108 valence electrons. The van der Waals surface area contributed by atoms with E-state index in [4.69, 9.17) is 5.11 Å². The van der Waals surface area contributed by atoms with E-state index in [1.54, 1.807) is 6.07 Å². The predicted molar refractivity (Wildman–Crippen MR) is 80.1 cm³/mol. The summed E-state index contributed by atoms with van der Waals surface area (Å²) in [6.45, 7) is 2.85. The molecule has 1 saturated heterocycles. The Morgan fingerprint density at radius 2 is 2.25 bits per heavy atom. The van der Waals surface area contributed by atoms with Gasteiger partial charge in [0.15, 0.2) is 0 Å². The van der Waals surface area contributed by atoms with Crippen molar-refractivity contribution >= 4 is 33.6 Å². The number of nitrogens with one attached hydrogen (secondary N) is 1. The molecule has 1 fully saturated rings. The van der Waals surface area contributed by atoms with Crippen molar-refractivity contribution in [2.75, 3.05) is 11.9 Å². The summed E-state index contributed by atoms with van der Waals surface area (Å²) in [4.78, 5) is 24.9. The van der Waals surface area contributed by atoms with Crippen LogP contribution in [0.1, 0.15) is 36.5 Å². The van der Waals surface area contributed by atoms with Crippen molar-refractivity contribution in [3.63, 3.8) is 0 Å². The van der Waals surface area contributed by atoms with Crippen molar-refractivity contribution in [1.29, 1.82) is 0 Å². The summed E-state index contributed by atoms with van der Waals surface area (Å²) in [6.07, 6.45) is 3.03. The summed E-state index contributed by atoms with van der Waals surface area (Å²) in [7, 11) is 0. The van der Waals surface area contributed by atoms with Crippen LogP contribution in [0.25, 0.3) is 0 Å². The summed E-state index contributed by atoms with van der Waals surface area (Å²) < 4.78 is 0.568. The van der Waals surface area contributed by atoms with Gasteiger partial charge in [-0.1, -0.05) is 6.92 Å². The zero-order valence-electron chi connectivity index (χ0n) is 11.2. The number of carbonyl (C=O) groups is 2. The fourth-order valence-corrected chi connectivity index (χ4v) is 2.94. The molecule has 0 radical (unpaired) electrons. The fourth-order valence-electron chi connectivity index (χ4n) is 2.46. The van der Waals surface area contributed by atoms with E-state index < -0.39 is 5.97 Å². The molecule has 5 nitrogen and oxygen atoms in total. The average molecular weight is 341 g/mol. The van der Waals surface area contributed by atoms with E-state index in [-0.39, 0.29) is 11.6 Å². The first kappa shape index (κ1) is 14.8. The minimum absolute atomic E-state index is 0.127. The van der Waals surface area contributed by atoms with Crippen molar-refractivity contribution < 1.29 is 14.7 Å². The Bertz CT molecular complexity index is 533. The Hall–Kier alpha value is -1.56. The van der Waals surface area contributed by atoms with Crippen molar-refractivity contribution in [3.8, 4) is 0 Å². The standard InChI is InChI=1S/C14H17BrN2O3/c1-2-10-4-3-7-17(10)14(20)16-12-6-5-9(13(18)19)8-11(12)15/h5-6,8,10H,2-4,7H2,1H3,(H,16,20)(H,18,19). The minimum Gasteiger partial charge on any atom is -0.478 e. The highest BCUT2D eigenvalue weighted by Crippen LogP contribution is 2.26. The molecule has 0 bridgehead atoms. The molecule has 1 aromatic rings. The Labute approximate surface area is 126 Å². The van der Waals surface area contributed by atoms with Crippen LogP contribution in [0.5, 0.6) is 0 Å². The predicted octanol–water partition coefficient (Wildman–Crippen LogP) is 3.55. The Morgan fingerprint density at radius 1 is 1.50 bits per heavy atom. The number of nitrogens with zero attached hydrogens (tertiary/aromatic N) is 1. The van der Waals surface area contributed by atoms with E-state index in [0.29, 0.717) is 16.2 Å². The molecule has 20 heavy (non-hydrogen) atoms. The Morgan fingerprint density at radius 3 is 2.85 bits per heavy atom. The number of rotatable bonds is 3. The maximum atomic E-state index is 12.2. The number of halogens is 1. The number of hydrogen-bond donors (Lipinski definition) is 2. The normalized spacial score (nSPS) is 18.1. The van der Waals surface area contributed by atoms with Crippen LogP contribution >= 0.6 is 15.9 Å². The Kier molecular flexibility index (Phi) is 4.65. The van der Waals surface area contributed by atoms with Crippen LogP contribution in [0.4, 0.5) is 10.5 Å². The quantitative estimate of drug-likeness (QED) is 0.883. The van der Waals surface area contributed by atoms with Gasteiger partial charge in [-0.3, -0.25) is 0 Å². The lowest BCUT2D eigenvalue weighted by molar-refractivity contribution is 0.0697. The highest BCUT2D eigenvalue weighted by atomic mass is 79.9. The van der Waals surface area contributed by atoms with Gasteiger partial charge in [0.25, 0.3) is 0 Å². The van der Waals surface area contributed by atoms with Crippen LogP contribution in [0.2, 0.25) is 0 Å². The largest absolute Gasteiger partial charge is 0.478 e. The summed E-state index contributed by atoms with van der Waals surface area (Å²) in [5.74, 6) is -0.992. The summed E-state index contributed by atoms with van der Waals surface area (Å²) in [5.41, 5.74) is 0.768. The molecule has 2 rings (SSSR count). The second-order valence-electron chi connectivity index (χ2n) is 4.83. The molecule has 0 aliphatic carbocycles. The van der Waals surface area contributed by atoms with E-state index in [0.717, 1.165) is 25.8 Å². The lowest BCUT2D eigenvalue weighted by Gasteiger charge is -2.24. The number of likely N-dealkylation sites (tertiary alicyclic amines) is 1. The number of anilines is 1. The highest BCUT2D eigenvalue weighted by Gasteiger charge is 2.27. The third-order valence-electron chi connectivity index (χ3n) is 3.57. The second-order valence-corrected chi connectivity index (χ2v) is 5.68. The van der Waals surface area contributed by atoms with Gasteiger partial charge in [-0.05, 0) is 53.4 Å². The van der Waals surface area contributed by atoms with Gasteiger partial charge in [-0.15, -0.1) is 0 Å². The van der Waals surface area contributed by atoms with Gasteiger partial charge in [0, 0.05) is 17.1 Å². The maximum Gasteiger partial charge on any atom is 0.335 e. The molecule has 1 atom stereocenters. The zero-order valence-corrected chi connectivity index (χ0v) is 12.8. The number of hydrogen-bond acceptors (Lipinski definition) is 2. The lowest BCUT2D eigenvalue weighted by Crippen LogP contribution is -2.38. The van der Waals surface area contributed by atoms with Gasteiger partial charge in [0.05, 0.1) is 11.3 Å². The molecular formula is C14H17BrN2O3. The summed E-state index contributed by atoms with van der Waals surface area (Å²) in [5, 5.41) is 11.7. The molecule has 1 unspecified atom stereocenters. The molecule has 1 aliphatic rings. The van der Waals surface area contributed by atoms with E-state index in [1.807, 2.05) is 4.90 Å². The zero-order chi connectivity index (χ0) is 14.7. The van der Waals surface area contributed by atoms with E-state index >= 15 is 0 Å². The average Bonchev–Trinajstić information content (AvgIpc) is 2.89. The van der Waals surface area contributed by atoms with Gasteiger partial charge in [0.2, 0.25) is 0 Å². The molecule has 1 heterocycles. The minimum atomic E-state index is -0.992. The van der Waals surface area contributed by atoms with Crippen molar-refractivity contribution in [1.82, 2.24) is 4.90 Å². The number of amides is 2. The molecule has 2 amide bonds. The smallest absolute Gasteiger partial charge is 0.335 e. The highest BCUT2D eigenvalue weighted by molar-refractivity contribution is 9.10. The Balaban J connectivity index is 2.10. The first-order chi connectivity index (χ1) is 9.52. The molecule has 6 heteroatoms. The SMILES string of the molecule is CCC1CCCN1C(=O)Nc1ccc(C(=O)O)cc1Br. The number of aromatic carboxylic acids is 1. The van der Waals surface area contributed by atoms with Gasteiger partial charge in [-0.25, -0.2) is 9.59 Å². The third kappa shape index (κ3) is 3.12. The molecule has 0 saturated carbocycles. The fraction of sp³-hybridized carbons (Fsp3) is 0.429. The summed E-state index contributed by atoms with van der Waals surface area (Å²) in [6, 6.07) is 4.73. The van der Waals surface area contributed by atoms with Crippen LogP contribution in [-0.2, 0) is 0 Å². The van der Waals surface area contributed by atoms with Gasteiger partial charge < -0.3 is 15.3 Å². The maximum absolute atomic E-state index is 12.2. The molecule has 1 aliphatic heterocycles. The molecule has 0 aromatic heterocycles. The topological polar surface area (TPSA) is 69.6 Å². The van der Waals surface area contributed by atoms with Crippen LogP contribution < -0.4 is 5.32 Å². The van der Waals surface area contributed by atoms with Gasteiger partial charge >= 0.3 is 12.0 Å². The van der Waals surface area contributed by atoms with Crippen molar-refractivity contribution in [2.45, 2.75) is 32.2 Å². The van der Waals surface area contributed by atoms with Crippen LogP contribution in [0, 0.1) is 0 Å².